The molecule has 3 aliphatic rings. The fourth-order valence-corrected chi connectivity index (χ4v) is 4.96. The van der Waals surface area contributed by atoms with Crippen molar-refractivity contribution in [3.63, 3.8) is 0 Å². The normalized spacial score (nSPS) is 23.7. The zero-order chi connectivity index (χ0) is 18.9. The molecule has 0 spiro atoms. The molecule has 3 fully saturated rings. The third kappa shape index (κ3) is 3.40. The predicted molar refractivity (Wildman–Crippen MR) is 107 cm³/mol. The lowest BCUT2D eigenvalue weighted by Gasteiger charge is -2.28. The van der Waals surface area contributed by atoms with E-state index >= 15 is 0 Å². The van der Waals surface area contributed by atoms with E-state index < -0.39 is 0 Å². The first kappa shape index (κ1) is 17.7. The van der Waals surface area contributed by atoms with Crippen LogP contribution in [-0.4, -0.2) is 46.6 Å². The van der Waals surface area contributed by atoms with Gasteiger partial charge < -0.3 is 14.3 Å². The van der Waals surface area contributed by atoms with E-state index in [1.165, 1.54) is 37.8 Å². The first-order valence-electron chi connectivity index (χ1n) is 10.8. The van der Waals surface area contributed by atoms with E-state index in [1.807, 2.05) is 0 Å². The fourth-order valence-electron chi connectivity index (χ4n) is 4.96. The van der Waals surface area contributed by atoms with Gasteiger partial charge in [-0.1, -0.05) is 18.0 Å². The fraction of sp³-hybridized carbons (Fsp3) is 0.591. The second-order valence-electron chi connectivity index (χ2n) is 8.44. The Kier molecular flexibility index (Phi) is 4.79. The van der Waals surface area contributed by atoms with E-state index in [4.69, 9.17) is 4.52 Å². The van der Waals surface area contributed by atoms with Crippen molar-refractivity contribution in [2.75, 3.05) is 24.5 Å². The molecule has 1 aliphatic carbocycles. The Morgan fingerprint density at radius 2 is 1.71 bits per heavy atom. The van der Waals surface area contributed by atoms with Crippen LogP contribution in [0.15, 0.2) is 28.8 Å². The zero-order valence-corrected chi connectivity index (χ0v) is 16.3. The van der Waals surface area contributed by atoms with Crippen molar-refractivity contribution in [2.45, 2.75) is 63.3 Å². The number of hydrogen-bond donors (Lipinski definition) is 0. The number of anilines is 1. The van der Waals surface area contributed by atoms with E-state index in [1.54, 1.807) is 0 Å². The Hall–Kier alpha value is -2.37. The maximum atomic E-state index is 12.4. The van der Waals surface area contributed by atoms with Crippen molar-refractivity contribution < 1.29 is 9.32 Å². The van der Waals surface area contributed by atoms with Gasteiger partial charge in [0.1, 0.15) is 0 Å². The van der Waals surface area contributed by atoms with Gasteiger partial charge in [0.2, 0.25) is 17.6 Å². The summed E-state index contributed by atoms with van der Waals surface area (Å²) in [6.07, 6.45) is 9.11. The predicted octanol–water partition coefficient (Wildman–Crippen LogP) is 3.99. The standard InChI is InChI=1S/C22H28N4O2/c27-20-14-17(15-26(20)19-6-2-3-7-19)22-23-21(24-28-22)16-8-10-18(11-9-16)25-12-4-1-5-13-25/h8-11,17,19H,1-7,12-15H2/t17-/m0/s1. The molecule has 28 heavy (non-hydrogen) atoms. The summed E-state index contributed by atoms with van der Waals surface area (Å²) < 4.78 is 5.56. The number of benzene rings is 1. The molecule has 2 aromatic rings. The molecule has 6 nitrogen and oxygen atoms in total. The molecule has 1 aromatic heterocycles. The molecule has 2 saturated heterocycles. The Morgan fingerprint density at radius 1 is 0.964 bits per heavy atom. The van der Waals surface area contributed by atoms with Gasteiger partial charge in [0.15, 0.2) is 0 Å². The van der Waals surface area contributed by atoms with Crippen LogP contribution in [0.2, 0.25) is 0 Å². The van der Waals surface area contributed by atoms with Crippen LogP contribution in [0.1, 0.15) is 63.2 Å². The van der Waals surface area contributed by atoms with Crippen LogP contribution in [-0.2, 0) is 4.79 Å². The van der Waals surface area contributed by atoms with Crippen molar-refractivity contribution in [3.8, 4) is 11.4 Å². The van der Waals surface area contributed by atoms with Crippen molar-refractivity contribution in [1.82, 2.24) is 15.0 Å². The molecule has 2 aliphatic heterocycles. The molecule has 148 valence electrons. The van der Waals surface area contributed by atoms with Crippen LogP contribution in [0, 0.1) is 0 Å². The van der Waals surface area contributed by atoms with Gasteiger partial charge in [-0.15, -0.1) is 0 Å². The minimum absolute atomic E-state index is 0.0296. The van der Waals surface area contributed by atoms with Gasteiger partial charge in [-0.3, -0.25) is 4.79 Å². The third-order valence-corrected chi connectivity index (χ3v) is 6.56. The Labute approximate surface area is 165 Å². The smallest absolute Gasteiger partial charge is 0.232 e. The first-order chi connectivity index (χ1) is 13.8. The zero-order valence-electron chi connectivity index (χ0n) is 16.3. The van der Waals surface area contributed by atoms with Gasteiger partial charge in [0.25, 0.3) is 0 Å². The molecule has 5 rings (SSSR count). The van der Waals surface area contributed by atoms with Gasteiger partial charge in [-0.2, -0.15) is 4.98 Å². The molecule has 0 radical (unpaired) electrons. The van der Waals surface area contributed by atoms with Crippen molar-refractivity contribution in [2.24, 2.45) is 0 Å². The molecule has 0 N–H and O–H groups in total. The van der Waals surface area contributed by atoms with E-state index in [2.05, 4.69) is 44.2 Å². The van der Waals surface area contributed by atoms with Gasteiger partial charge in [-0.25, -0.2) is 0 Å². The molecular weight excluding hydrogens is 352 g/mol. The summed E-state index contributed by atoms with van der Waals surface area (Å²) in [5, 5.41) is 4.19. The van der Waals surface area contributed by atoms with Crippen LogP contribution in [0.25, 0.3) is 11.4 Å². The van der Waals surface area contributed by atoms with Gasteiger partial charge in [-0.05, 0) is 56.4 Å². The summed E-state index contributed by atoms with van der Waals surface area (Å²) in [6.45, 7) is 3.00. The summed E-state index contributed by atoms with van der Waals surface area (Å²) in [5.74, 6) is 1.49. The molecule has 1 atom stereocenters. The SMILES string of the molecule is O=C1C[C@H](c2nc(-c3ccc(N4CCCCC4)cc3)no2)CN1C1CCCC1. The Balaban J connectivity index is 1.27. The molecule has 3 heterocycles. The summed E-state index contributed by atoms with van der Waals surface area (Å²) in [4.78, 5) is 21.6. The van der Waals surface area contributed by atoms with Crippen molar-refractivity contribution in [1.29, 1.82) is 0 Å². The molecule has 0 bridgehead atoms. The van der Waals surface area contributed by atoms with E-state index in [0.29, 0.717) is 24.2 Å². The largest absolute Gasteiger partial charge is 0.372 e. The highest BCUT2D eigenvalue weighted by Gasteiger charge is 2.38. The van der Waals surface area contributed by atoms with Crippen molar-refractivity contribution >= 4 is 11.6 Å². The minimum atomic E-state index is 0.0296. The Bertz CT molecular complexity index is 819. The lowest BCUT2D eigenvalue weighted by Crippen LogP contribution is -2.34. The number of nitrogens with zero attached hydrogens (tertiary/aromatic N) is 4. The third-order valence-electron chi connectivity index (χ3n) is 6.56. The maximum absolute atomic E-state index is 12.4. The van der Waals surface area contributed by atoms with E-state index in [-0.39, 0.29) is 11.8 Å². The lowest BCUT2D eigenvalue weighted by atomic mass is 10.1. The van der Waals surface area contributed by atoms with Gasteiger partial charge in [0.05, 0.1) is 5.92 Å². The van der Waals surface area contributed by atoms with Gasteiger partial charge in [0, 0.05) is 43.3 Å². The van der Waals surface area contributed by atoms with Crippen LogP contribution >= 0.6 is 0 Å². The summed E-state index contributed by atoms with van der Waals surface area (Å²) in [5.41, 5.74) is 2.23. The highest BCUT2D eigenvalue weighted by molar-refractivity contribution is 5.80. The maximum Gasteiger partial charge on any atom is 0.232 e. The number of piperidine rings is 1. The van der Waals surface area contributed by atoms with Crippen LogP contribution in [0.5, 0.6) is 0 Å². The lowest BCUT2D eigenvalue weighted by molar-refractivity contribution is -0.129. The molecule has 1 aromatic carbocycles. The molecule has 6 heteroatoms. The number of carbonyl (C=O) groups is 1. The topological polar surface area (TPSA) is 62.5 Å². The molecule has 1 amide bonds. The number of aromatic nitrogens is 2. The first-order valence-corrected chi connectivity index (χ1v) is 10.8. The monoisotopic (exact) mass is 380 g/mol. The minimum Gasteiger partial charge on any atom is -0.372 e. The second kappa shape index (κ2) is 7.57. The van der Waals surface area contributed by atoms with Crippen LogP contribution in [0.3, 0.4) is 0 Å². The number of hydrogen-bond acceptors (Lipinski definition) is 5. The summed E-state index contributed by atoms with van der Waals surface area (Å²) in [6, 6.07) is 8.86. The number of likely N-dealkylation sites (tertiary alicyclic amines) is 1. The Morgan fingerprint density at radius 3 is 2.46 bits per heavy atom. The quantitative estimate of drug-likeness (QED) is 0.803. The van der Waals surface area contributed by atoms with Gasteiger partial charge >= 0.3 is 0 Å². The van der Waals surface area contributed by atoms with E-state index in [0.717, 1.165) is 38.0 Å². The highest BCUT2D eigenvalue weighted by atomic mass is 16.5. The number of rotatable bonds is 4. The molecule has 0 unspecified atom stereocenters. The van der Waals surface area contributed by atoms with Crippen molar-refractivity contribution in [3.05, 3.63) is 30.2 Å². The summed E-state index contributed by atoms with van der Waals surface area (Å²) in [7, 11) is 0. The number of amides is 1. The van der Waals surface area contributed by atoms with E-state index in [9.17, 15) is 4.79 Å². The van der Waals surface area contributed by atoms with Crippen LogP contribution < -0.4 is 4.90 Å². The average molecular weight is 380 g/mol. The number of carbonyl (C=O) groups excluding carboxylic acids is 1. The highest BCUT2D eigenvalue weighted by Crippen LogP contribution is 2.34. The average Bonchev–Trinajstić information content (AvgIpc) is 3.49. The van der Waals surface area contributed by atoms with Crippen LogP contribution in [0.4, 0.5) is 5.69 Å². The summed E-state index contributed by atoms with van der Waals surface area (Å²) >= 11 is 0. The second-order valence-corrected chi connectivity index (χ2v) is 8.44. The molecular formula is C22H28N4O2. The molecule has 1 saturated carbocycles.